The van der Waals surface area contributed by atoms with Crippen molar-refractivity contribution in [3.8, 4) is 11.3 Å². The first kappa shape index (κ1) is 11.9. The lowest BCUT2D eigenvalue weighted by molar-refractivity contribution is 0.466. The van der Waals surface area contributed by atoms with Gasteiger partial charge >= 0.3 is 0 Å². The molecule has 1 heterocycles. The molecule has 2 aliphatic carbocycles. The van der Waals surface area contributed by atoms with Crippen molar-refractivity contribution in [2.75, 3.05) is 5.43 Å². The monoisotopic (exact) mass is 281 g/mol. The summed E-state index contributed by atoms with van der Waals surface area (Å²) in [4.78, 5) is 4.58. The van der Waals surface area contributed by atoms with Gasteiger partial charge in [-0.1, -0.05) is 42.5 Å². The van der Waals surface area contributed by atoms with Crippen LogP contribution in [0.2, 0.25) is 0 Å². The van der Waals surface area contributed by atoms with Gasteiger partial charge in [-0.3, -0.25) is 5.43 Å². The van der Waals surface area contributed by atoms with Crippen molar-refractivity contribution in [1.82, 2.24) is 4.98 Å². The van der Waals surface area contributed by atoms with Gasteiger partial charge in [0.05, 0.1) is 5.69 Å². The predicted molar refractivity (Wildman–Crippen MR) is 84.0 cm³/mol. The highest BCUT2D eigenvalue weighted by Gasteiger charge is 2.37. The number of fused-ring (bicyclic) bond motifs is 1. The second-order valence-electron chi connectivity index (χ2n) is 5.26. The van der Waals surface area contributed by atoms with Gasteiger partial charge in [0, 0.05) is 22.6 Å². The van der Waals surface area contributed by atoms with Crippen LogP contribution in [0.1, 0.15) is 12.8 Å². The van der Waals surface area contributed by atoms with Crippen molar-refractivity contribution in [2.24, 2.45) is 16.9 Å². The van der Waals surface area contributed by atoms with E-state index in [1.165, 1.54) is 5.71 Å². The minimum Gasteiger partial charge on any atom is -0.253 e. The summed E-state index contributed by atoms with van der Waals surface area (Å²) in [5.41, 5.74) is 6.56. The van der Waals surface area contributed by atoms with E-state index in [2.05, 4.69) is 45.2 Å². The van der Waals surface area contributed by atoms with E-state index >= 15 is 0 Å². The van der Waals surface area contributed by atoms with E-state index in [0.29, 0.717) is 5.92 Å². The molecule has 1 aromatic heterocycles. The van der Waals surface area contributed by atoms with Gasteiger partial charge in [0.1, 0.15) is 0 Å². The zero-order chi connectivity index (χ0) is 13.4. The van der Waals surface area contributed by atoms with E-state index in [4.69, 9.17) is 0 Å². The average molecular weight is 281 g/mol. The molecule has 1 N–H and O–H groups in total. The molecule has 4 heteroatoms. The number of nitrogens with one attached hydrogen (secondary N) is 1. The topological polar surface area (TPSA) is 37.3 Å². The Morgan fingerprint density at radius 3 is 3.00 bits per heavy atom. The second kappa shape index (κ2) is 4.87. The third kappa shape index (κ3) is 2.06. The first-order valence-corrected chi connectivity index (χ1v) is 7.78. The average Bonchev–Trinajstić information content (AvgIpc) is 3.08. The minimum atomic E-state index is 0.649. The van der Waals surface area contributed by atoms with Crippen LogP contribution in [0.5, 0.6) is 0 Å². The largest absolute Gasteiger partial charge is 0.253 e. The molecule has 2 aromatic rings. The Bertz CT molecular complexity index is 672. The molecule has 3 nitrogen and oxygen atoms in total. The molecule has 1 fully saturated rings. The van der Waals surface area contributed by atoms with E-state index in [1.807, 2.05) is 18.2 Å². The van der Waals surface area contributed by atoms with Gasteiger partial charge in [-0.05, 0) is 18.8 Å². The van der Waals surface area contributed by atoms with Gasteiger partial charge in [0.25, 0.3) is 0 Å². The van der Waals surface area contributed by atoms with E-state index in [-0.39, 0.29) is 0 Å². The van der Waals surface area contributed by atoms with Crippen LogP contribution >= 0.6 is 11.3 Å². The molecule has 0 bridgehead atoms. The smallest absolute Gasteiger partial charge is 0.203 e. The van der Waals surface area contributed by atoms with Crippen molar-refractivity contribution >= 4 is 22.2 Å². The maximum absolute atomic E-state index is 4.58. The molecular formula is C16H15N3S. The molecule has 4 rings (SSSR count). The van der Waals surface area contributed by atoms with Crippen molar-refractivity contribution in [3.05, 3.63) is 47.9 Å². The zero-order valence-corrected chi connectivity index (χ0v) is 11.8. The number of hydrazone groups is 1. The van der Waals surface area contributed by atoms with Crippen molar-refractivity contribution in [2.45, 2.75) is 12.8 Å². The molecule has 100 valence electrons. The molecule has 0 radical (unpaired) electrons. The van der Waals surface area contributed by atoms with Crippen LogP contribution in [0.4, 0.5) is 5.13 Å². The number of rotatable bonds is 3. The molecule has 2 aliphatic rings. The SMILES string of the molecule is C1=C[C@@H]2C/C(=N\Nc3nc(-c4ccccc4)cs3)[C@H]2C1. The molecule has 2 atom stereocenters. The summed E-state index contributed by atoms with van der Waals surface area (Å²) in [5, 5.41) is 7.46. The van der Waals surface area contributed by atoms with Crippen molar-refractivity contribution in [1.29, 1.82) is 0 Å². The Morgan fingerprint density at radius 2 is 2.15 bits per heavy atom. The number of allylic oxidation sites excluding steroid dienone is 2. The van der Waals surface area contributed by atoms with Crippen molar-refractivity contribution in [3.63, 3.8) is 0 Å². The molecule has 1 saturated carbocycles. The molecule has 20 heavy (non-hydrogen) atoms. The summed E-state index contributed by atoms with van der Waals surface area (Å²) in [6, 6.07) is 10.2. The predicted octanol–water partition coefficient (Wildman–Crippen LogP) is 4.17. The van der Waals surface area contributed by atoms with Crippen LogP contribution in [0.3, 0.4) is 0 Å². The van der Waals surface area contributed by atoms with Gasteiger partial charge in [0.2, 0.25) is 5.13 Å². The number of hydrogen-bond donors (Lipinski definition) is 1. The van der Waals surface area contributed by atoms with Crippen LogP contribution in [-0.2, 0) is 0 Å². The summed E-state index contributed by atoms with van der Waals surface area (Å²) in [5.74, 6) is 1.39. The van der Waals surface area contributed by atoms with E-state index in [0.717, 1.165) is 35.1 Å². The van der Waals surface area contributed by atoms with E-state index in [9.17, 15) is 0 Å². The highest BCUT2D eigenvalue weighted by molar-refractivity contribution is 7.14. The number of anilines is 1. The lowest BCUT2D eigenvalue weighted by atomic mass is 9.74. The fraction of sp³-hybridized carbons (Fsp3) is 0.250. The summed E-state index contributed by atoms with van der Waals surface area (Å²) in [6.07, 6.45) is 6.85. The van der Waals surface area contributed by atoms with Gasteiger partial charge in [0.15, 0.2) is 0 Å². The third-order valence-corrected chi connectivity index (χ3v) is 4.78. The van der Waals surface area contributed by atoms with Gasteiger partial charge in [-0.25, -0.2) is 4.98 Å². The molecular weight excluding hydrogens is 266 g/mol. The van der Waals surface area contributed by atoms with Gasteiger partial charge in [-0.15, -0.1) is 11.3 Å². The highest BCUT2D eigenvalue weighted by Crippen LogP contribution is 2.40. The van der Waals surface area contributed by atoms with Crippen LogP contribution in [0, 0.1) is 11.8 Å². The molecule has 0 aliphatic heterocycles. The lowest BCUT2D eigenvalue weighted by Gasteiger charge is -2.31. The normalized spacial score (nSPS) is 25.5. The fourth-order valence-corrected chi connectivity index (χ4v) is 3.51. The molecule has 0 saturated heterocycles. The van der Waals surface area contributed by atoms with Crippen LogP contribution in [-0.4, -0.2) is 10.7 Å². The Labute approximate surface area is 122 Å². The first-order chi connectivity index (χ1) is 9.90. The minimum absolute atomic E-state index is 0.649. The number of nitrogens with zero attached hydrogens (tertiary/aromatic N) is 2. The van der Waals surface area contributed by atoms with E-state index < -0.39 is 0 Å². The van der Waals surface area contributed by atoms with E-state index in [1.54, 1.807) is 11.3 Å². The molecule has 0 unspecified atom stereocenters. The Morgan fingerprint density at radius 1 is 1.25 bits per heavy atom. The summed E-state index contributed by atoms with van der Waals surface area (Å²) in [6.45, 7) is 0. The quantitative estimate of drug-likeness (QED) is 0.677. The maximum atomic E-state index is 4.58. The Hall–Kier alpha value is -1.94. The second-order valence-corrected chi connectivity index (χ2v) is 6.12. The number of benzene rings is 1. The van der Waals surface area contributed by atoms with Crippen LogP contribution < -0.4 is 5.43 Å². The van der Waals surface area contributed by atoms with Crippen LogP contribution in [0.25, 0.3) is 11.3 Å². The lowest BCUT2D eigenvalue weighted by Crippen LogP contribution is -2.33. The third-order valence-electron chi connectivity index (χ3n) is 4.03. The van der Waals surface area contributed by atoms with Crippen LogP contribution in [0.15, 0.2) is 53.0 Å². The fourth-order valence-electron chi connectivity index (χ4n) is 2.85. The Kier molecular flexibility index (Phi) is 2.89. The highest BCUT2D eigenvalue weighted by atomic mass is 32.1. The molecule has 1 aromatic carbocycles. The number of thiazole rings is 1. The van der Waals surface area contributed by atoms with Gasteiger partial charge in [-0.2, -0.15) is 5.10 Å². The summed E-state index contributed by atoms with van der Waals surface area (Å²) < 4.78 is 0. The van der Waals surface area contributed by atoms with Gasteiger partial charge < -0.3 is 0 Å². The summed E-state index contributed by atoms with van der Waals surface area (Å²) >= 11 is 1.60. The summed E-state index contributed by atoms with van der Waals surface area (Å²) in [7, 11) is 0. The molecule has 0 spiro atoms. The standard InChI is InChI=1S/C16H15N3S/c1-2-5-11(6-3-1)15-10-20-16(17-15)19-18-14-9-12-7-4-8-13(12)14/h1-7,10,12-13H,8-9H2,(H,17,19)/b18-14+/t12-,13+/m1/s1. The Balaban J connectivity index is 1.46. The first-order valence-electron chi connectivity index (χ1n) is 6.90. The van der Waals surface area contributed by atoms with Crippen molar-refractivity contribution < 1.29 is 0 Å². The zero-order valence-electron chi connectivity index (χ0n) is 11.0. The number of hydrogen-bond acceptors (Lipinski definition) is 4. The number of aromatic nitrogens is 1. The maximum Gasteiger partial charge on any atom is 0.203 e. The molecule has 0 amide bonds.